The molecule has 0 atom stereocenters. The highest BCUT2D eigenvalue weighted by atomic mass is 127. The standard InChI is InChI=1S/C19H25N3O.HI/c1-15-8-10-18(11-9-15)23-13-4-3-12-21-19(20)22-17-7-5-6-16(2)14-17;/h5-11,14H,3-4,12-13H2,1-2H3,(H3,20,21,22);1H. The molecular formula is C19H26IN3O. The van der Waals surface area contributed by atoms with E-state index < -0.39 is 0 Å². The van der Waals surface area contributed by atoms with Crippen LogP contribution in [-0.4, -0.2) is 19.1 Å². The lowest BCUT2D eigenvalue weighted by Gasteiger charge is -2.07. The number of nitrogens with two attached hydrogens (primary N) is 1. The third-order valence-corrected chi connectivity index (χ3v) is 3.41. The average Bonchev–Trinajstić information content (AvgIpc) is 2.52. The molecule has 24 heavy (non-hydrogen) atoms. The van der Waals surface area contributed by atoms with Crippen LogP contribution in [0.25, 0.3) is 0 Å². The molecule has 2 rings (SSSR count). The van der Waals surface area contributed by atoms with Gasteiger partial charge in [0.25, 0.3) is 0 Å². The molecule has 0 radical (unpaired) electrons. The Morgan fingerprint density at radius 1 is 1.04 bits per heavy atom. The summed E-state index contributed by atoms with van der Waals surface area (Å²) in [5.74, 6) is 1.37. The molecule has 0 bridgehead atoms. The van der Waals surface area contributed by atoms with Gasteiger partial charge in [0.05, 0.1) is 6.61 Å². The van der Waals surface area contributed by atoms with E-state index in [1.54, 1.807) is 0 Å². The number of halogens is 1. The number of hydrogen-bond acceptors (Lipinski definition) is 2. The second kappa shape index (κ2) is 10.9. The lowest BCUT2D eigenvalue weighted by Crippen LogP contribution is -2.22. The van der Waals surface area contributed by atoms with Gasteiger partial charge in [-0.2, -0.15) is 0 Å². The van der Waals surface area contributed by atoms with E-state index in [9.17, 15) is 0 Å². The molecule has 0 unspecified atom stereocenters. The van der Waals surface area contributed by atoms with Crippen molar-refractivity contribution in [3.8, 4) is 5.75 Å². The molecule has 0 aromatic heterocycles. The van der Waals surface area contributed by atoms with E-state index in [1.165, 1.54) is 11.1 Å². The van der Waals surface area contributed by atoms with Crippen LogP contribution in [0.2, 0.25) is 0 Å². The van der Waals surface area contributed by atoms with Crippen molar-refractivity contribution in [2.45, 2.75) is 26.7 Å². The van der Waals surface area contributed by atoms with Crippen molar-refractivity contribution in [1.82, 2.24) is 0 Å². The Bertz CT molecular complexity index is 641. The van der Waals surface area contributed by atoms with Gasteiger partial charge in [-0.3, -0.25) is 4.99 Å². The Balaban J connectivity index is 0.00000288. The van der Waals surface area contributed by atoms with Gasteiger partial charge in [-0.05, 0) is 56.5 Å². The Morgan fingerprint density at radius 3 is 2.50 bits per heavy atom. The number of hydrogen-bond donors (Lipinski definition) is 2. The van der Waals surface area contributed by atoms with Gasteiger partial charge in [0.1, 0.15) is 5.75 Å². The highest BCUT2D eigenvalue weighted by Crippen LogP contribution is 2.12. The van der Waals surface area contributed by atoms with Crippen LogP contribution in [0.3, 0.4) is 0 Å². The van der Waals surface area contributed by atoms with Crippen LogP contribution < -0.4 is 15.8 Å². The van der Waals surface area contributed by atoms with Crippen molar-refractivity contribution in [3.05, 3.63) is 59.7 Å². The zero-order valence-electron chi connectivity index (χ0n) is 14.3. The summed E-state index contributed by atoms with van der Waals surface area (Å²) < 4.78 is 5.68. The minimum Gasteiger partial charge on any atom is -0.494 e. The van der Waals surface area contributed by atoms with Crippen LogP contribution in [0.1, 0.15) is 24.0 Å². The van der Waals surface area contributed by atoms with Crippen LogP contribution >= 0.6 is 24.0 Å². The van der Waals surface area contributed by atoms with Crippen LogP contribution in [-0.2, 0) is 0 Å². The number of aliphatic imine (C=N–C) groups is 1. The molecule has 130 valence electrons. The van der Waals surface area contributed by atoms with Crippen molar-refractivity contribution in [3.63, 3.8) is 0 Å². The van der Waals surface area contributed by atoms with Crippen LogP contribution in [0, 0.1) is 13.8 Å². The molecule has 5 heteroatoms. The first kappa shape index (κ1) is 20.3. The molecule has 3 N–H and O–H groups in total. The molecule has 0 fully saturated rings. The number of rotatable bonds is 7. The molecule has 0 spiro atoms. The molecule has 0 saturated carbocycles. The maximum absolute atomic E-state index is 5.88. The number of guanidine groups is 1. The van der Waals surface area contributed by atoms with E-state index in [0.717, 1.165) is 24.3 Å². The molecule has 0 amide bonds. The quantitative estimate of drug-likeness (QED) is 0.289. The van der Waals surface area contributed by atoms with E-state index in [-0.39, 0.29) is 24.0 Å². The Hall–Kier alpha value is -1.76. The number of ether oxygens (including phenoxy) is 1. The second-order valence-corrected chi connectivity index (χ2v) is 5.63. The third-order valence-electron chi connectivity index (χ3n) is 3.41. The molecule has 0 heterocycles. The van der Waals surface area contributed by atoms with Crippen LogP contribution in [0.15, 0.2) is 53.5 Å². The predicted octanol–water partition coefficient (Wildman–Crippen LogP) is 4.51. The van der Waals surface area contributed by atoms with E-state index in [4.69, 9.17) is 10.5 Å². The Kier molecular flexibility index (Phi) is 9.22. The first-order valence-electron chi connectivity index (χ1n) is 7.96. The molecule has 0 aliphatic rings. The van der Waals surface area contributed by atoms with Gasteiger partial charge in [-0.25, -0.2) is 0 Å². The van der Waals surface area contributed by atoms with E-state index in [1.807, 2.05) is 43.3 Å². The maximum atomic E-state index is 5.88. The van der Waals surface area contributed by atoms with Gasteiger partial charge in [-0.1, -0.05) is 29.8 Å². The Morgan fingerprint density at radius 2 is 1.79 bits per heavy atom. The fourth-order valence-electron chi connectivity index (χ4n) is 2.15. The van der Waals surface area contributed by atoms with Crippen molar-refractivity contribution in [2.24, 2.45) is 10.7 Å². The molecule has 2 aromatic rings. The van der Waals surface area contributed by atoms with E-state index in [0.29, 0.717) is 19.1 Å². The van der Waals surface area contributed by atoms with Gasteiger partial charge in [0.2, 0.25) is 0 Å². The summed E-state index contributed by atoms with van der Waals surface area (Å²) in [7, 11) is 0. The lowest BCUT2D eigenvalue weighted by molar-refractivity contribution is 0.308. The van der Waals surface area contributed by atoms with E-state index >= 15 is 0 Å². The third kappa shape index (κ3) is 7.68. The van der Waals surface area contributed by atoms with Crippen molar-refractivity contribution >= 4 is 35.6 Å². The van der Waals surface area contributed by atoms with Gasteiger partial charge in [0.15, 0.2) is 5.96 Å². The van der Waals surface area contributed by atoms with Crippen LogP contribution in [0.4, 0.5) is 5.69 Å². The zero-order chi connectivity index (χ0) is 16.5. The normalized spacial score (nSPS) is 10.8. The fraction of sp³-hybridized carbons (Fsp3) is 0.316. The Labute approximate surface area is 161 Å². The molecule has 0 aliphatic carbocycles. The lowest BCUT2D eigenvalue weighted by atomic mass is 10.2. The monoisotopic (exact) mass is 439 g/mol. The van der Waals surface area contributed by atoms with Crippen molar-refractivity contribution < 1.29 is 4.74 Å². The number of unbranched alkanes of at least 4 members (excludes halogenated alkanes) is 1. The largest absolute Gasteiger partial charge is 0.494 e. The van der Waals surface area contributed by atoms with Gasteiger partial charge < -0.3 is 15.8 Å². The summed E-state index contributed by atoms with van der Waals surface area (Å²) in [6.07, 6.45) is 1.90. The summed E-state index contributed by atoms with van der Waals surface area (Å²) in [6, 6.07) is 16.2. The molecule has 0 saturated heterocycles. The average molecular weight is 439 g/mol. The highest BCUT2D eigenvalue weighted by Gasteiger charge is 1.96. The zero-order valence-corrected chi connectivity index (χ0v) is 16.6. The van der Waals surface area contributed by atoms with Gasteiger partial charge in [-0.15, -0.1) is 24.0 Å². The first-order chi connectivity index (χ1) is 11.1. The van der Waals surface area contributed by atoms with Gasteiger partial charge >= 0.3 is 0 Å². The molecular weight excluding hydrogens is 413 g/mol. The number of nitrogens with zero attached hydrogens (tertiary/aromatic N) is 1. The predicted molar refractivity (Wildman–Crippen MR) is 113 cm³/mol. The number of nitrogens with one attached hydrogen (secondary N) is 1. The number of benzene rings is 2. The van der Waals surface area contributed by atoms with Gasteiger partial charge in [0, 0.05) is 12.2 Å². The van der Waals surface area contributed by atoms with E-state index in [2.05, 4.69) is 29.4 Å². The molecule has 4 nitrogen and oxygen atoms in total. The number of aryl methyl sites for hydroxylation is 2. The summed E-state index contributed by atoms with van der Waals surface area (Å²) in [6.45, 7) is 5.51. The summed E-state index contributed by atoms with van der Waals surface area (Å²) in [5.41, 5.74) is 9.28. The maximum Gasteiger partial charge on any atom is 0.193 e. The smallest absolute Gasteiger partial charge is 0.193 e. The molecule has 2 aromatic carbocycles. The summed E-state index contributed by atoms with van der Waals surface area (Å²) in [5, 5.41) is 3.10. The molecule has 0 aliphatic heterocycles. The number of anilines is 1. The summed E-state index contributed by atoms with van der Waals surface area (Å²) >= 11 is 0. The highest BCUT2D eigenvalue weighted by molar-refractivity contribution is 14.0. The SMILES string of the molecule is Cc1ccc(OCCCCN=C(N)Nc2cccc(C)c2)cc1.I. The van der Waals surface area contributed by atoms with Crippen molar-refractivity contribution in [1.29, 1.82) is 0 Å². The first-order valence-corrected chi connectivity index (χ1v) is 7.96. The fourth-order valence-corrected chi connectivity index (χ4v) is 2.15. The second-order valence-electron chi connectivity index (χ2n) is 5.63. The minimum absolute atomic E-state index is 0. The minimum atomic E-state index is 0. The van der Waals surface area contributed by atoms with Crippen LogP contribution in [0.5, 0.6) is 5.75 Å². The van der Waals surface area contributed by atoms with Crippen molar-refractivity contribution in [2.75, 3.05) is 18.5 Å². The topological polar surface area (TPSA) is 59.6 Å². The summed E-state index contributed by atoms with van der Waals surface area (Å²) in [4.78, 5) is 4.33.